The van der Waals surface area contributed by atoms with Crippen LogP contribution in [0.1, 0.15) is 0 Å². The highest BCUT2D eigenvalue weighted by Crippen LogP contribution is 2.32. The van der Waals surface area contributed by atoms with Gasteiger partial charge in [0.2, 0.25) is 5.43 Å². The number of hydrogen-bond donors (Lipinski definition) is 2. The monoisotopic (exact) mass is 284 g/mol. The predicted octanol–water partition coefficient (Wildman–Crippen LogP) is 2.88. The van der Waals surface area contributed by atoms with Crippen LogP contribution in [0.4, 0.5) is 0 Å². The molecule has 5 heteroatoms. The normalized spacial score (nSPS) is 10.7. The molecule has 0 spiro atoms. The lowest BCUT2D eigenvalue weighted by Crippen LogP contribution is -2.05. The van der Waals surface area contributed by atoms with Crippen LogP contribution < -0.4 is 10.2 Å². The van der Waals surface area contributed by atoms with Crippen LogP contribution in [-0.2, 0) is 0 Å². The van der Waals surface area contributed by atoms with Crippen LogP contribution in [-0.4, -0.2) is 17.3 Å². The summed E-state index contributed by atoms with van der Waals surface area (Å²) in [6, 6.07) is 8.78. The van der Waals surface area contributed by atoms with Gasteiger partial charge in [-0.3, -0.25) is 4.79 Å². The zero-order valence-corrected chi connectivity index (χ0v) is 11.2. The largest absolute Gasteiger partial charge is 0.508 e. The second-order valence-electron chi connectivity index (χ2n) is 4.54. The molecule has 0 aliphatic rings. The molecule has 0 saturated carbocycles. The Kier molecular flexibility index (Phi) is 3.02. The average molecular weight is 284 g/mol. The maximum absolute atomic E-state index is 12.5. The molecule has 0 bridgehead atoms. The first kappa shape index (κ1) is 13.1. The lowest BCUT2D eigenvalue weighted by molar-refractivity contribution is 0.414. The van der Waals surface area contributed by atoms with E-state index in [1.807, 2.05) is 0 Å². The Morgan fingerprint density at radius 1 is 1.00 bits per heavy atom. The zero-order chi connectivity index (χ0) is 15.0. The summed E-state index contributed by atoms with van der Waals surface area (Å²) in [7, 11) is 1.48. The van der Waals surface area contributed by atoms with Gasteiger partial charge in [0, 0.05) is 11.6 Å². The van der Waals surface area contributed by atoms with Crippen LogP contribution in [0.25, 0.3) is 22.1 Å². The van der Waals surface area contributed by atoms with E-state index in [2.05, 4.69) is 0 Å². The second kappa shape index (κ2) is 4.86. The highest BCUT2D eigenvalue weighted by Gasteiger charge is 2.14. The van der Waals surface area contributed by atoms with Gasteiger partial charge in [-0.1, -0.05) is 0 Å². The smallest absolute Gasteiger partial charge is 0.200 e. The van der Waals surface area contributed by atoms with E-state index in [1.54, 1.807) is 6.07 Å². The van der Waals surface area contributed by atoms with Gasteiger partial charge < -0.3 is 19.4 Å². The van der Waals surface area contributed by atoms with Gasteiger partial charge in [-0.05, 0) is 30.3 Å². The Bertz CT molecular complexity index is 879. The molecular formula is C16H12O5. The van der Waals surface area contributed by atoms with Gasteiger partial charge in [-0.2, -0.15) is 0 Å². The number of ether oxygens (including phenoxy) is 1. The van der Waals surface area contributed by atoms with Crippen LogP contribution in [0.3, 0.4) is 0 Å². The lowest BCUT2D eigenvalue weighted by Gasteiger charge is -2.09. The van der Waals surface area contributed by atoms with Gasteiger partial charge in [-0.25, -0.2) is 0 Å². The number of fused-ring (bicyclic) bond motifs is 1. The van der Waals surface area contributed by atoms with Crippen molar-refractivity contribution in [2.75, 3.05) is 7.11 Å². The van der Waals surface area contributed by atoms with E-state index >= 15 is 0 Å². The Morgan fingerprint density at radius 3 is 2.48 bits per heavy atom. The SMILES string of the molecule is COc1ccc(O)cc1-c1coc2cc(O)ccc2c1=O. The zero-order valence-electron chi connectivity index (χ0n) is 11.2. The number of phenols is 2. The summed E-state index contributed by atoms with van der Waals surface area (Å²) in [4.78, 5) is 12.5. The van der Waals surface area contributed by atoms with Crippen molar-refractivity contribution in [2.24, 2.45) is 0 Å². The fraction of sp³-hybridized carbons (Fsp3) is 0.0625. The summed E-state index contributed by atoms with van der Waals surface area (Å²) in [6.45, 7) is 0. The minimum absolute atomic E-state index is 0.0216. The van der Waals surface area contributed by atoms with E-state index in [0.29, 0.717) is 22.3 Å². The van der Waals surface area contributed by atoms with Crippen molar-refractivity contribution in [3.8, 4) is 28.4 Å². The van der Waals surface area contributed by atoms with E-state index in [9.17, 15) is 15.0 Å². The molecule has 3 aromatic rings. The first-order chi connectivity index (χ1) is 10.1. The number of phenolic OH excluding ortho intramolecular Hbond substituents is 2. The first-order valence-electron chi connectivity index (χ1n) is 6.22. The third-order valence-corrected chi connectivity index (χ3v) is 3.23. The molecule has 0 aliphatic heterocycles. The molecule has 5 nitrogen and oxygen atoms in total. The third kappa shape index (κ3) is 2.18. The standard InChI is InChI=1S/C16H12O5/c1-20-14-5-3-9(17)6-12(14)13-8-21-15-7-10(18)2-4-11(15)16(13)19/h2-8,17-18H,1H3. The molecule has 1 aromatic heterocycles. The van der Waals surface area contributed by atoms with Crippen molar-refractivity contribution in [1.29, 1.82) is 0 Å². The lowest BCUT2D eigenvalue weighted by atomic mass is 10.0. The van der Waals surface area contributed by atoms with Crippen molar-refractivity contribution < 1.29 is 19.4 Å². The van der Waals surface area contributed by atoms with Crippen LogP contribution >= 0.6 is 0 Å². The maximum Gasteiger partial charge on any atom is 0.200 e. The Hall–Kier alpha value is -2.95. The summed E-state index contributed by atoms with van der Waals surface area (Å²) in [5.74, 6) is 0.502. The van der Waals surface area contributed by atoms with Crippen LogP contribution in [0.15, 0.2) is 51.9 Å². The molecule has 0 atom stereocenters. The second-order valence-corrected chi connectivity index (χ2v) is 4.54. The molecule has 21 heavy (non-hydrogen) atoms. The molecule has 106 valence electrons. The summed E-state index contributed by atoms with van der Waals surface area (Å²) >= 11 is 0. The summed E-state index contributed by atoms with van der Waals surface area (Å²) in [6.07, 6.45) is 1.29. The Labute approximate surface area is 119 Å². The Balaban J connectivity index is 2.31. The molecule has 0 unspecified atom stereocenters. The molecule has 2 N–H and O–H groups in total. The Morgan fingerprint density at radius 2 is 1.71 bits per heavy atom. The highest BCUT2D eigenvalue weighted by atomic mass is 16.5. The maximum atomic E-state index is 12.5. The molecule has 0 saturated heterocycles. The fourth-order valence-corrected chi connectivity index (χ4v) is 2.21. The molecule has 0 amide bonds. The van der Waals surface area contributed by atoms with Crippen LogP contribution in [0.2, 0.25) is 0 Å². The van der Waals surface area contributed by atoms with Gasteiger partial charge in [0.1, 0.15) is 29.1 Å². The van der Waals surface area contributed by atoms with Gasteiger partial charge in [0.25, 0.3) is 0 Å². The van der Waals surface area contributed by atoms with E-state index in [1.165, 1.54) is 43.7 Å². The van der Waals surface area contributed by atoms with Gasteiger partial charge in [0.05, 0.1) is 18.1 Å². The van der Waals surface area contributed by atoms with Gasteiger partial charge in [0.15, 0.2) is 0 Å². The van der Waals surface area contributed by atoms with Crippen molar-refractivity contribution in [3.63, 3.8) is 0 Å². The molecule has 3 rings (SSSR count). The number of rotatable bonds is 2. The van der Waals surface area contributed by atoms with Crippen molar-refractivity contribution >= 4 is 11.0 Å². The number of hydrogen-bond acceptors (Lipinski definition) is 5. The number of methoxy groups -OCH3 is 1. The van der Waals surface area contributed by atoms with E-state index < -0.39 is 0 Å². The fourth-order valence-electron chi connectivity index (χ4n) is 2.21. The van der Waals surface area contributed by atoms with Crippen molar-refractivity contribution in [2.45, 2.75) is 0 Å². The van der Waals surface area contributed by atoms with Crippen LogP contribution in [0.5, 0.6) is 17.2 Å². The van der Waals surface area contributed by atoms with Crippen molar-refractivity contribution in [1.82, 2.24) is 0 Å². The minimum Gasteiger partial charge on any atom is -0.508 e. The highest BCUT2D eigenvalue weighted by molar-refractivity contribution is 5.84. The van der Waals surface area contributed by atoms with E-state index in [4.69, 9.17) is 9.15 Å². The summed E-state index contributed by atoms with van der Waals surface area (Å²) < 4.78 is 10.6. The van der Waals surface area contributed by atoms with Gasteiger partial charge >= 0.3 is 0 Å². The van der Waals surface area contributed by atoms with E-state index in [0.717, 1.165) is 0 Å². The molecular weight excluding hydrogens is 272 g/mol. The molecule has 0 aliphatic carbocycles. The number of aromatic hydroxyl groups is 2. The number of benzene rings is 2. The molecule has 0 radical (unpaired) electrons. The quantitative estimate of drug-likeness (QED) is 0.756. The summed E-state index contributed by atoms with van der Waals surface area (Å²) in [5.41, 5.74) is 0.755. The van der Waals surface area contributed by atoms with E-state index in [-0.39, 0.29) is 22.5 Å². The van der Waals surface area contributed by atoms with Crippen molar-refractivity contribution in [3.05, 3.63) is 52.9 Å². The molecule has 1 heterocycles. The average Bonchev–Trinajstić information content (AvgIpc) is 2.47. The van der Waals surface area contributed by atoms with Gasteiger partial charge in [-0.15, -0.1) is 0 Å². The molecule has 2 aromatic carbocycles. The van der Waals surface area contributed by atoms with Crippen LogP contribution in [0, 0.1) is 0 Å². The summed E-state index contributed by atoms with van der Waals surface area (Å²) in [5, 5.41) is 19.4. The minimum atomic E-state index is -0.264. The third-order valence-electron chi connectivity index (χ3n) is 3.23. The first-order valence-corrected chi connectivity index (χ1v) is 6.22. The predicted molar refractivity (Wildman–Crippen MR) is 77.8 cm³/mol. The topological polar surface area (TPSA) is 79.9 Å². The molecule has 0 fully saturated rings.